The maximum atomic E-state index is 9.88. The molecule has 1 N–H and O–H groups in total. The van der Waals surface area contributed by atoms with Crippen LogP contribution in [0.2, 0.25) is 0 Å². The third-order valence-corrected chi connectivity index (χ3v) is 2.75. The Hall–Kier alpha value is -1.30. The molecule has 0 aromatic heterocycles. The molecule has 1 unspecified atom stereocenters. The SMILES string of the molecule is CC(C)C(C)(O)C#CCOCc1ccccc1. The van der Waals surface area contributed by atoms with Gasteiger partial charge in [0, 0.05) is 0 Å². The molecule has 2 nitrogen and oxygen atoms in total. The Kier molecular flexibility index (Phi) is 5.21. The molecule has 0 aliphatic rings. The maximum Gasteiger partial charge on any atom is 0.125 e. The van der Waals surface area contributed by atoms with E-state index in [1.165, 1.54) is 0 Å². The van der Waals surface area contributed by atoms with Crippen LogP contribution in [0.3, 0.4) is 0 Å². The van der Waals surface area contributed by atoms with E-state index in [4.69, 9.17) is 4.74 Å². The molecule has 1 rings (SSSR count). The minimum absolute atomic E-state index is 0.115. The van der Waals surface area contributed by atoms with Gasteiger partial charge >= 0.3 is 0 Å². The molecule has 0 aliphatic carbocycles. The predicted molar refractivity (Wildman–Crippen MR) is 69.3 cm³/mol. The highest BCUT2D eigenvalue weighted by Gasteiger charge is 2.21. The van der Waals surface area contributed by atoms with Crippen LogP contribution in [0.1, 0.15) is 26.3 Å². The van der Waals surface area contributed by atoms with Gasteiger partial charge in [0.1, 0.15) is 12.2 Å². The first-order valence-electron chi connectivity index (χ1n) is 5.86. The van der Waals surface area contributed by atoms with E-state index in [9.17, 15) is 5.11 Å². The van der Waals surface area contributed by atoms with Crippen molar-refractivity contribution in [1.82, 2.24) is 0 Å². The fourth-order valence-electron chi connectivity index (χ4n) is 1.15. The summed E-state index contributed by atoms with van der Waals surface area (Å²) in [5.74, 6) is 5.80. The van der Waals surface area contributed by atoms with Crippen LogP contribution in [0.25, 0.3) is 0 Å². The van der Waals surface area contributed by atoms with E-state index in [1.807, 2.05) is 44.2 Å². The topological polar surface area (TPSA) is 29.5 Å². The standard InChI is InChI=1S/C15H20O2/c1-13(2)15(3,16)10-7-11-17-12-14-8-5-4-6-9-14/h4-6,8-9,13,16H,11-12H2,1-3H3. The van der Waals surface area contributed by atoms with Gasteiger partial charge in [-0.15, -0.1) is 0 Å². The highest BCUT2D eigenvalue weighted by atomic mass is 16.5. The molecule has 17 heavy (non-hydrogen) atoms. The second-order valence-electron chi connectivity index (χ2n) is 4.58. The van der Waals surface area contributed by atoms with Crippen LogP contribution in [-0.4, -0.2) is 17.3 Å². The van der Waals surface area contributed by atoms with E-state index in [1.54, 1.807) is 6.92 Å². The molecule has 0 amide bonds. The second kappa shape index (κ2) is 6.44. The van der Waals surface area contributed by atoms with Crippen LogP contribution in [0.15, 0.2) is 30.3 Å². The maximum absolute atomic E-state index is 9.88. The first kappa shape index (κ1) is 13.8. The fraction of sp³-hybridized carbons (Fsp3) is 0.467. The molecule has 0 saturated carbocycles. The first-order valence-corrected chi connectivity index (χ1v) is 5.86. The summed E-state index contributed by atoms with van der Waals surface area (Å²) in [6, 6.07) is 9.96. The van der Waals surface area contributed by atoms with Gasteiger partial charge in [-0.2, -0.15) is 0 Å². The number of hydrogen-bond donors (Lipinski definition) is 1. The van der Waals surface area contributed by atoms with E-state index in [0.29, 0.717) is 13.2 Å². The lowest BCUT2D eigenvalue weighted by Gasteiger charge is -2.20. The van der Waals surface area contributed by atoms with Gasteiger partial charge in [-0.1, -0.05) is 56.0 Å². The van der Waals surface area contributed by atoms with E-state index in [0.717, 1.165) is 5.56 Å². The quantitative estimate of drug-likeness (QED) is 0.638. The molecule has 2 heteroatoms. The third kappa shape index (κ3) is 5.04. The summed E-state index contributed by atoms with van der Waals surface area (Å²) in [5, 5.41) is 9.88. The molecule has 0 bridgehead atoms. The summed E-state index contributed by atoms with van der Waals surface area (Å²) in [6.07, 6.45) is 0. The highest BCUT2D eigenvalue weighted by Crippen LogP contribution is 2.13. The lowest BCUT2D eigenvalue weighted by atomic mass is 9.93. The fourth-order valence-corrected chi connectivity index (χ4v) is 1.15. The Balaban J connectivity index is 2.32. The summed E-state index contributed by atoms with van der Waals surface area (Å²) in [4.78, 5) is 0. The number of rotatable bonds is 4. The molecular weight excluding hydrogens is 212 g/mol. The van der Waals surface area contributed by atoms with Gasteiger partial charge in [-0.25, -0.2) is 0 Å². The van der Waals surface area contributed by atoms with Crippen LogP contribution < -0.4 is 0 Å². The Morgan fingerprint density at radius 1 is 1.29 bits per heavy atom. The number of benzene rings is 1. The van der Waals surface area contributed by atoms with Crippen molar-refractivity contribution in [3.63, 3.8) is 0 Å². The zero-order chi connectivity index (χ0) is 12.7. The van der Waals surface area contributed by atoms with E-state index >= 15 is 0 Å². The predicted octanol–water partition coefficient (Wildman–Crippen LogP) is 2.61. The van der Waals surface area contributed by atoms with Crippen LogP contribution in [0.5, 0.6) is 0 Å². The van der Waals surface area contributed by atoms with Crippen molar-refractivity contribution >= 4 is 0 Å². The van der Waals surface area contributed by atoms with Crippen molar-refractivity contribution < 1.29 is 9.84 Å². The zero-order valence-electron chi connectivity index (χ0n) is 10.7. The van der Waals surface area contributed by atoms with Gasteiger partial charge in [0.25, 0.3) is 0 Å². The van der Waals surface area contributed by atoms with Crippen LogP contribution in [-0.2, 0) is 11.3 Å². The molecule has 0 aliphatic heterocycles. The number of aliphatic hydroxyl groups is 1. The summed E-state index contributed by atoms with van der Waals surface area (Å²) in [7, 11) is 0. The second-order valence-corrected chi connectivity index (χ2v) is 4.58. The van der Waals surface area contributed by atoms with Crippen LogP contribution >= 0.6 is 0 Å². The Morgan fingerprint density at radius 3 is 2.53 bits per heavy atom. The smallest absolute Gasteiger partial charge is 0.125 e. The lowest BCUT2D eigenvalue weighted by molar-refractivity contribution is 0.0719. The molecule has 0 radical (unpaired) electrons. The van der Waals surface area contributed by atoms with E-state index in [-0.39, 0.29) is 5.92 Å². The van der Waals surface area contributed by atoms with Gasteiger partial charge in [0.05, 0.1) is 6.61 Å². The molecule has 0 heterocycles. The molecule has 1 atom stereocenters. The molecular formula is C15H20O2. The lowest BCUT2D eigenvalue weighted by Crippen LogP contribution is -2.28. The van der Waals surface area contributed by atoms with E-state index < -0.39 is 5.60 Å². The van der Waals surface area contributed by atoms with E-state index in [2.05, 4.69) is 11.8 Å². The Morgan fingerprint density at radius 2 is 1.94 bits per heavy atom. The molecule has 0 spiro atoms. The molecule has 0 fully saturated rings. The average molecular weight is 232 g/mol. The molecule has 1 aromatic carbocycles. The van der Waals surface area contributed by atoms with Crippen molar-refractivity contribution in [2.75, 3.05) is 6.61 Å². The molecule has 0 saturated heterocycles. The van der Waals surface area contributed by atoms with Crippen molar-refractivity contribution in [2.45, 2.75) is 33.0 Å². The average Bonchev–Trinajstić information content (AvgIpc) is 2.29. The van der Waals surface area contributed by atoms with Crippen molar-refractivity contribution in [3.8, 4) is 11.8 Å². The van der Waals surface area contributed by atoms with Crippen molar-refractivity contribution in [2.24, 2.45) is 5.92 Å². The minimum atomic E-state index is -0.934. The van der Waals surface area contributed by atoms with Crippen LogP contribution in [0.4, 0.5) is 0 Å². The van der Waals surface area contributed by atoms with Crippen molar-refractivity contribution in [3.05, 3.63) is 35.9 Å². The molecule has 1 aromatic rings. The van der Waals surface area contributed by atoms with Gasteiger partial charge < -0.3 is 9.84 Å². The molecule has 92 valence electrons. The normalized spacial score (nSPS) is 13.9. The van der Waals surface area contributed by atoms with Crippen LogP contribution in [0, 0.1) is 17.8 Å². The Bertz CT molecular complexity index is 382. The number of hydrogen-bond acceptors (Lipinski definition) is 2. The van der Waals surface area contributed by atoms with Gasteiger partial charge in [0.2, 0.25) is 0 Å². The van der Waals surface area contributed by atoms with Gasteiger partial charge in [-0.3, -0.25) is 0 Å². The largest absolute Gasteiger partial charge is 0.378 e. The summed E-state index contributed by atoms with van der Waals surface area (Å²) in [6.45, 7) is 6.51. The van der Waals surface area contributed by atoms with Gasteiger partial charge in [0.15, 0.2) is 0 Å². The monoisotopic (exact) mass is 232 g/mol. The highest BCUT2D eigenvalue weighted by molar-refractivity contribution is 5.15. The summed E-state index contributed by atoms with van der Waals surface area (Å²) in [5.41, 5.74) is 0.195. The minimum Gasteiger partial charge on any atom is -0.378 e. The summed E-state index contributed by atoms with van der Waals surface area (Å²) >= 11 is 0. The Labute approximate surface area is 104 Å². The van der Waals surface area contributed by atoms with Gasteiger partial charge in [-0.05, 0) is 18.4 Å². The zero-order valence-corrected chi connectivity index (χ0v) is 10.7. The third-order valence-electron chi connectivity index (χ3n) is 2.75. The van der Waals surface area contributed by atoms with Crippen molar-refractivity contribution in [1.29, 1.82) is 0 Å². The number of ether oxygens (including phenoxy) is 1. The first-order chi connectivity index (χ1) is 8.02. The summed E-state index contributed by atoms with van der Waals surface area (Å²) < 4.78 is 5.41.